The van der Waals surface area contributed by atoms with Gasteiger partial charge < -0.3 is 5.32 Å². The van der Waals surface area contributed by atoms with E-state index in [2.05, 4.69) is 49.3 Å². The average molecular weight is 392 g/mol. The Kier molecular flexibility index (Phi) is 4.85. The predicted molar refractivity (Wildman–Crippen MR) is 116 cm³/mol. The number of aromatic nitrogens is 2. The molecule has 0 amide bonds. The number of nitrogens with one attached hydrogen (secondary N) is 1. The van der Waals surface area contributed by atoms with Gasteiger partial charge in [0.05, 0.1) is 5.39 Å². The minimum atomic E-state index is -0.239. The number of halogens is 1. The lowest BCUT2D eigenvalue weighted by atomic mass is 10.0. The van der Waals surface area contributed by atoms with Crippen molar-refractivity contribution in [1.29, 1.82) is 0 Å². The Labute approximate surface area is 168 Å². The van der Waals surface area contributed by atoms with Crippen LogP contribution in [-0.4, -0.2) is 9.97 Å². The summed E-state index contributed by atoms with van der Waals surface area (Å²) in [7, 11) is 0. The summed E-state index contributed by atoms with van der Waals surface area (Å²) in [6, 6.07) is 14.9. The number of para-hydroxylation sites is 1. The van der Waals surface area contributed by atoms with E-state index in [0.717, 1.165) is 43.6 Å². The maximum absolute atomic E-state index is 13.4. The van der Waals surface area contributed by atoms with Crippen molar-refractivity contribution in [3.05, 3.63) is 70.6 Å². The second kappa shape index (κ2) is 7.32. The van der Waals surface area contributed by atoms with Crippen LogP contribution in [0, 0.1) is 19.7 Å². The molecule has 142 valence electrons. The molecule has 2 heterocycles. The lowest BCUT2D eigenvalue weighted by Gasteiger charge is -2.15. The van der Waals surface area contributed by atoms with Gasteiger partial charge in [0, 0.05) is 16.1 Å². The van der Waals surface area contributed by atoms with E-state index in [1.807, 2.05) is 25.1 Å². The van der Waals surface area contributed by atoms with E-state index < -0.39 is 0 Å². The van der Waals surface area contributed by atoms with Crippen LogP contribution in [0.5, 0.6) is 0 Å². The summed E-state index contributed by atoms with van der Waals surface area (Å²) >= 11 is 1.64. The number of thiophene rings is 1. The molecule has 5 heteroatoms. The van der Waals surface area contributed by atoms with Crippen molar-refractivity contribution >= 4 is 33.1 Å². The van der Waals surface area contributed by atoms with Gasteiger partial charge >= 0.3 is 0 Å². The van der Waals surface area contributed by atoms with Gasteiger partial charge in [0.25, 0.3) is 0 Å². The molecule has 1 N–H and O–H groups in total. The predicted octanol–water partition coefficient (Wildman–Crippen LogP) is 6.98. The lowest BCUT2D eigenvalue weighted by molar-refractivity contribution is 0.628. The van der Waals surface area contributed by atoms with Crippen molar-refractivity contribution < 1.29 is 4.39 Å². The van der Waals surface area contributed by atoms with Crippen molar-refractivity contribution in [3.8, 4) is 11.1 Å². The number of hydrogen-bond donors (Lipinski definition) is 1. The standard InChI is InChI=1S/C23H22FN3S/c1-13(2)18-7-5-6-8-19(18)27-22-21-20(16-9-11-17(24)12-10-16)14(3)28-23(21)26-15(4)25-22/h5-13H,1-4H3,(H,25,26,27). The highest BCUT2D eigenvalue weighted by Gasteiger charge is 2.19. The Morgan fingerprint density at radius 1 is 0.964 bits per heavy atom. The molecule has 2 aromatic heterocycles. The molecule has 0 radical (unpaired) electrons. The first-order valence-electron chi connectivity index (χ1n) is 9.33. The van der Waals surface area contributed by atoms with Crippen LogP contribution in [0.1, 0.15) is 36.0 Å². The number of aryl methyl sites for hydroxylation is 2. The molecule has 0 atom stereocenters. The van der Waals surface area contributed by atoms with Gasteiger partial charge in [0.1, 0.15) is 22.3 Å². The molecule has 28 heavy (non-hydrogen) atoms. The minimum Gasteiger partial charge on any atom is -0.339 e. The summed E-state index contributed by atoms with van der Waals surface area (Å²) in [5.41, 5.74) is 4.32. The van der Waals surface area contributed by atoms with Crippen LogP contribution in [0.4, 0.5) is 15.9 Å². The van der Waals surface area contributed by atoms with E-state index in [0.29, 0.717) is 5.92 Å². The smallest absolute Gasteiger partial charge is 0.143 e. The van der Waals surface area contributed by atoms with Crippen LogP contribution >= 0.6 is 11.3 Å². The van der Waals surface area contributed by atoms with Crippen molar-refractivity contribution in [2.45, 2.75) is 33.6 Å². The highest BCUT2D eigenvalue weighted by atomic mass is 32.1. The van der Waals surface area contributed by atoms with Gasteiger partial charge in [0.15, 0.2) is 0 Å². The third-order valence-corrected chi connectivity index (χ3v) is 5.81. The fourth-order valence-corrected chi connectivity index (χ4v) is 4.61. The number of rotatable bonds is 4. The van der Waals surface area contributed by atoms with E-state index in [4.69, 9.17) is 4.98 Å². The number of benzene rings is 2. The fourth-order valence-electron chi connectivity index (χ4n) is 3.51. The first-order valence-corrected chi connectivity index (χ1v) is 10.2. The van der Waals surface area contributed by atoms with Crippen LogP contribution in [0.15, 0.2) is 48.5 Å². The first kappa shape index (κ1) is 18.6. The van der Waals surface area contributed by atoms with Crippen molar-refractivity contribution in [3.63, 3.8) is 0 Å². The van der Waals surface area contributed by atoms with E-state index >= 15 is 0 Å². The summed E-state index contributed by atoms with van der Waals surface area (Å²) in [4.78, 5) is 11.5. The molecule has 3 nitrogen and oxygen atoms in total. The van der Waals surface area contributed by atoms with Gasteiger partial charge in [-0.2, -0.15) is 0 Å². The highest BCUT2D eigenvalue weighted by molar-refractivity contribution is 7.19. The minimum absolute atomic E-state index is 0.239. The SMILES string of the molecule is Cc1nc(Nc2ccccc2C(C)C)c2c(-c3ccc(F)cc3)c(C)sc2n1. The Balaban J connectivity index is 1.93. The molecular formula is C23H22FN3S. The topological polar surface area (TPSA) is 37.8 Å². The van der Waals surface area contributed by atoms with Gasteiger partial charge in [-0.1, -0.05) is 44.2 Å². The average Bonchev–Trinajstić information content (AvgIpc) is 2.98. The second-order valence-corrected chi connectivity index (χ2v) is 8.41. The van der Waals surface area contributed by atoms with Crippen molar-refractivity contribution in [1.82, 2.24) is 9.97 Å². The Morgan fingerprint density at radius 2 is 1.68 bits per heavy atom. The summed E-state index contributed by atoms with van der Waals surface area (Å²) in [6.07, 6.45) is 0. The largest absolute Gasteiger partial charge is 0.339 e. The monoisotopic (exact) mass is 391 g/mol. The highest BCUT2D eigenvalue weighted by Crippen LogP contribution is 2.42. The third-order valence-electron chi connectivity index (χ3n) is 4.81. The molecule has 2 aromatic carbocycles. The normalized spacial score (nSPS) is 11.4. The fraction of sp³-hybridized carbons (Fsp3) is 0.217. The molecule has 4 rings (SSSR count). The van der Waals surface area contributed by atoms with Gasteiger partial charge in [0.2, 0.25) is 0 Å². The van der Waals surface area contributed by atoms with E-state index in [1.54, 1.807) is 11.3 Å². The van der Waals surface area contributed by atoms with Crippen LogP contribution in [0.3, 0.4) is 0 Å². The summed E-state index contributed by atoms with van der Waals surface area (Å²) in [5.74, 6) is 1.67. The molecule has 0 saturated heterocycles. The van der Waals surface area contributed by atoms with Crippen LogP contribution in [0.25, 0.3) is 21.3 Å². The molecule has 4 aromatic rings. The van der Waals surface area contributed by atoms with Gasteiger partial charge in [-0.05, 0) is 49.1 Å². The van der Waals surface area contributed by atoms with Crippen molar-refractivity contribution in [2.75, 3.05) is 5.32 Å². The molecule has 0 aliphatic rings. The number of anilines is 2. The number of nitrogens with zero attached hydrogens (tertiary/aromatic N) is 2. The summed E-state index contributed by atoms with van der Waals surface area (Å²) in [5, 5.41) is 4.54. The molecule has 0 spiro atoms. The molecule has 0 saturated carbocycles. The molecule has 0 fully saturated rings. The van der Waals surface area contributed by atoms with Gasteiger partial charge in [-0.15, -0.1) is 11.3 Å². The quantitative estimate of drug-likeness (QED) is 0.408. The van der Waals surface area contributed by atoms with Crippen LogP contribution in [0.2, 0.25) is 0 Å². The summed E-state index contributed by atoms with van der Waals surface area (Å²) < 4.78 is 13.4. The zero-order chi connectivity index (χ0) is 19.8. The number of hydrogen-bond acceptors (Lipinski definition) is 4. The lowest BCUT2D eigenvalue weighted by Crippen LogP contribution is -2.02. The van der Waals surface area contributed by atoms with Crippen LogP contribution < -0.4 is 5.32 Å². The first-order chi connectivity index (χ1) is 13.4. The molecule has 0 bridgehead atoms. The Bertz CT molecular complexity index is 1150. The van der Waals surface area contributed by atoms with E-state index in [-0.39, 0.29) is 5.82 Å². The van der Waals surface area contributed by atoms with E-state index in [9.17, 15) is 4.39 Å². The summed E-state index contributed by atoms with van der Waals surface area (Å²) in [6.45, 7) is 8.35. The van der Waals surface area contributed by atoms with Gasteiger partial charge in [-0.3, -0.25) is 0 Å². The third kappa shape index (κ3) is 3.38. The zero-order valence-corrected chi connectivity index (χ0v) is 17.2. The number of fused-ring (bicyclic) bond motifs is 1. The van der Waals surface area contributed by atoms with E-state index in [1.165, 1.54) is 17.7 Å². The Hall–Kier alpha value is -2.79. The second-order valence-electron chi connectivity index (χ2n) is 7.21. The Morgan fingerprint density at radius 3 is 2.39 bits per heavy atom. The van der Waals surface area contributed by atoms with Gasteiger partial charge in [-0.25, -0.2) is 14.4 Å². The maximum atomic E-state index is 13.4. The van der Waals surface area contributed by atoms with Crippen LogP contribution in [-0.2, 0) is 0 Å². The molecule has 0 unspecified atom stereocenters. The molecular weight excluding hydrogens is 369 g/mol. The maximum Gasteiger partial charge on any atom is 0.143 e. The molecule has 0 aliphatic carbocycles. The molecule has 0 aliphatic heterocycles. The van der Waals surface area contributed by atoms with Crippen molar-refractivity contribution in [2.24, 2.45) is 0 Å². The zero-order valence-electron chi connectivity index (χ0n) is 16.4.